The van der Waals surface area contributed by atoms with Gasteiger partial charge in [-0.25, -0.2) is 4.79 Å². The van der Waals surface area contributed by atoms with Crippen molar-refractivity contribution in [3.05, 3.63) is 71.3 Å². The number of benzene rings is 2. The molecule has 1 aliphatic heterocycles. The molecule has 0 bridgehead atoms. The van der Waals surface area contributed by atoms with Crippen LogP contribution in [0.25, 0.3) is 0 Å². The van der Waals surface area contributed by atoms with Gasteiger partial charge in [-0.15, -0.1) is 0 Å². The summed E-state index contributed by atoms with van der Waals surface area (Å²) in [5, 5.41) is 6.94. The Morgan fingerprint density at radius 1 is 1.18 bits per heavy atom. The van der Waals surface area contributed by atoms with Crippen molar-refractivity contribution in [2.45, 2.75) is 44.3 Å². The van der Waals surface area contributed by atoms with Gasteiger partial charge in [0.1, 0.15) is 13.7 Å². The molecule has 2 aliphatic carbocycles. The maximum absolute atomic E-state index is 13.7. The predicted octanol–water partition coefficient (Wildman–Crippen LogP) is 3.02. The number of carbonyl (C=O) groups is 3. The summed E-state index contributed by atoms with van der Waals surface area (Å²) in [7, 11) is 1.45. The van der Waals surface area contributed by atoms with Crippen LogP contribution in [0, 0.1) is 5.92 Å². The molecule has 1 N–H and O–H groups in total. The standard InChI is InChI=1S/C26H28N4O4/c1-17(19-12-13-19)29(15-18-8-4-3-5-9-18)23(31)16-30-24(32)26(27-25(30)33)14-22(28-34-2)20-10-6-7-11-21(20)26/h3-11,17,19H,12-16H2,1-2H3,(H,27,33)/t17-,26-/m0/s1. The molecule has 2 atom stereocenters. The van der Waals surface area contributed by atoms with Crippen molar-refractivity contribution in [1.82, 2.24) is 15.1 Å². The number of urea groups is 1. The fraction of sp³-hybridized carbons (Fsp3) is 0.385. The third-order valence-electron chi connectivity index (χ3n) is 7.11. The monoisotopic (exact) mass is 460 g/mol. The first-order valence-corrected chi connectivity index (χ1v) is 11.6. The van der Waals surface area contributed by atoms with Gasteiger partial charge in [0.2, 0.25) is 5.91 Å². The quantitative estimate of drug-likeness (QED) is 0.508. The molecule has 5 rings (SSSR count). The summed E-state index contributed by atoms with van der Waals surface area (Å²) in [4.78, 5) is 48.0. The molecule has 2 aromatic carbocycles. The van der Waals surface area contributed by atoms with E-state index in [0.29, 0.717) is 23.7 Å². The summed E-state index contributed by atoms with van der Waals surface area (Å²) in [5.41, 5.74) is 1.78. The van der Waals surface area contributed by atoms with Gasteiger partial charge in [-0.1, -0.05) is 59.8 Å². The van der Waals surface area contributed by atoms with E-state index in [1.807, 2.05) is 61.5 Å². The molecule has 1 heterocycles. The first kappa shape index (κ1) is 22.1. The van der Waals surface area contributed by atoms with Crippen molar-refractivity contribution in [2.24, 2.45) is 11.1 Å². The molecule has 0 radical (unpaired) electrons. The molecule has 3 aliphatic rings. The average molecular weight is 461 g/mol. The zero-order valence-electron chi connectivity index (χ0n) is 19.4. The minimum absolute atomic E-state index is 0.0371. The molecule has 8 nitrogen and oxygen atoms in total. The van der Waals surface area contributed by atoms with Gasteiger partial charge in [0, 0.05) is 24.6 Å². The molecule has 0 unspecified atom stereocenters. The van der Waals surface area contributed by atoms with Crippen LogP contribution in [0.2, 0.25) is 0 Å². The number of rotatable bonds is 7. The van der Waals surface area contributed by atoms with E-state index in [1.165, 1.54) is 7.11 Å². The van der Waals surface area contributed by atoms with Crippen LogP contribution in [-0.2, 0) is 26.5 Å². The van der Waals surface area contributed by atoms with Crippen molar-refractivity contribution < 1.29 is 19.2 Å². The van der Waals surface area contributed by atoms with Crippen molar-refractivity contribution in [2.75, 3.05) is 13.7 Å². The van der Waals surface area contributed by atoms with E-state index in [9.17, 15) is 14.4 Å². The number of amides is 4. The zero-order valence-corrected chi connectivity index (χ0v) is 19.4. The zero-order chi connectivity index (χ0) is 23.9. The number of nitrogens with zero attached hydrogens (tertiary/aromatic N) is 3. The number of fused-ring (bicyclic) bond motifs is 2. The second kappa shape index (κ2) is 8.59. The Labute approximate surface area is 198 Å². The summed E-state index contributed by atoms with van der Waals surface area (Å²) >= 11 is 0. The second-order valence-corrected chi connectivity index (χ2v) is 9.25. The Morgan fingerprint density at radius 2 is 1.88 bits per heavy atom. The fourth-order valence-electron chi connectivity index (χ4n) is 5.11. The molecule has 4 amide bonds. The lowest BCUT2D eigenvalue weighted by Gasteiger charge is -2.31. The molecule has 0 aromatic heterocycles. The Hall–Kier alpha value is -3.68. The van der Waals surface area contributed by atoms with Gasteiger partial charge in [-0.3, -0.25) is 14.5 Å². The molecule has 34 heavy (non-hydrogen) atoms. The van der Waals surface area contributed by atoms with Crippen LogP contribution >= 0.6 is 0 Å². The molecule has 1 saturated heterocycles. The van der Waals surface area contributed by atoms with Crippen LogP contribution < -0.4 is 5.32 Å². The van der Waals surface area contributed by atoms with Gasteiger partial charge in [-0.2, -0.15) is 0 Å². The molecule has 1 spiro atoms. The predicted molar refractivity (Wildman–Crippen MR) is 126 cm³/mol. The van der Waals surface area contributed by atoms with E-state index in [4.69, 9.17) is 4.84 Å². The minimum atomic E-state index is -1.27. The van der Waals surface area contributed by atoms with Gasteiger partial charge in [0.15, 0.2) is 5.54 Å². The maximum Gasteiger partial charge on any atom is 0.325 e. The number of imide groups is 1. The molecule has 1 saturated carbocycles. The minimum Gasteiger partial charge on any atom is -0.399 e. The van der Waals surface area contributed by atoms with E-state index >= 15 is 0 Å². The van der Waals surface area contributed by atoms with Gasteiger partial charge >= 0.3 is 6.03 Å². The molecule has 2 fully saturated rings. The Balaban J connectivity index is 1.40. The van der Waals surface area contributed by atoms with Crippen molar-refractivity contribution >= 4 is 23.6 Å². The van der Waals surface area contributed by atoms with E-state index in [0.717, 1.165) is 28.9 Å². The van der Waals surface area contributed by atoms with Crippen LogP contribution in [0.4, 0.5) is 4.79 Å². The molecule has 2 aromatic rings. The summed E-state index contributed by atoms with van der Waals surface area (Å²) in [5.74, 6) is -0.212. The van der Waals surface area contributed by atoms with Crippen molar-refractivity contribution in [1.29, 1.82) is 0 Å². The number of nitrogens with one attached hydrogen (secondary N) is 1. The maximum atomic E-state index is 13.7. The average Bonchev–Trinajstić information content (AvgIpc) is 3.62. The SMILES string of the molecule is CON=C1C[C@]2(NC(=O)N(CC(=O)N(Cc3ccccc3)[C@@H](C)C3CC3)C2=O)c2ccccc21. The highest BCUT2D eigenvalue weighted by atomic mass is 16.6. The molecule has 176 valence electrons. The van der Waals surface area contributed by atoms with E-state index in [2.05, 4.69) is 10.5 Å². The first-order valence-electron chi connectivity index (χ1n) is 11.6. The van der Waals surface area contributed by atoms with E-state index in [1.54, 1.807) is 4.90 Å². The lowest BCUT2D eigenvalue weighted by atomic mass is 9.92. The van der Waals surface area contributed by atoms with Gasteiger partial charge in [0.05, 0.1) is 5.71 Å². The lowest BCUT2D eigenvalue weighted by Crippen LogP contribution is -2.47. The van der Waals surface area contributed by atoms with Gasteiger partial charge in [-0.05, 0) is 36.8 Å². The van der Waals surface area contributed by atoms with Crippen LogP contribution in [0.3, 0.4) is 0 Å². The molecule has 8 heteroatoms. The van der Waals surface area contributed by atoms with Gasteiger partial charge < -0.3 is 15.1 Å². The number of hydrogen-bond donors (Lipinski definition) is 1. The lowest BCUT2D eigenvalue weighted by molar-refractivity contribution is -0.140. The Bertz CT molecular complexity index is 1160. The number of oxime groups is 1. The normalized spacial score (nSPS) is 23.2. The molecular weight excluding hydrogens is 432 g/mol. The topological polar surface area (TPSA) is 91.3 Å². The van der Waals surface area contributed by atoms with Crippen LogP contribution in [0.5, 0.6) is 0 Å². The highest BCUT2D eigenvalue weighted by Crippen LogP contribution is 2.42. The van der Waals surface area contributed by atoms with Crippen LogP contribution in [0.1, 0.15) is 42.9 Å². The number of carbonyl (C=O) groups excluding carboxylic acids is 3. The fourth-order valence-corrected chi connectivity index (χ4v) is 5.11. The summed E-state index contributed by atoms with van der Waals surface area (Å²) in [6, 6.07) is 16.6. The summed E-state index contributed by atoms with van der Waals surface area (Å²) in [6.45, 7) is 2.20. The Kier molecular flexibility index (Phi) is 5.59. The number of hydrogen-bond acceptors (Lipinski definition) is 5. The summed E-state index contributed by atoms with van der Waals surface area (Å²) in [6.07, 6.45) is 2.36. The van der Waals surface area contributed by atoms with E-state index < -0.39 is 17.5 Å². The first-order chi connectivity index (χ1) is 16.4. The smallest absolute Gasteiger partial charge is 0.325 e. The van der Waals surface area contributed by atoms with Crippen molar-refractivity contribution in [3.63, 3.8) is 0 Å². The largest absolute Gasteiger partial charge is 0.399 e. The van der Waals surface area contributed by atoms with E-state index in [-0.39, 0.29) is 24.9 Å². The summed E-state index contributed by atoms with van der Waals surface area (Å²) < 4.78 is 0. The highest BCUT2D eigenvalue weighted by Gasteiger charge is 2.57. The Morgan fingerprint density at radius 3 is 2.59 bits per heavy atom. The van der Waals surface area contributed by atoms with Gasteiger partial charge in [0.25, 0.3) is 5.91 Å². The van der Waals surface area contributed by atoms with Crippen LogP contribution in [0.15, 0.2) is 59.8 Å². The third kappa shape index (κ3) is 3.73. The highest BCUT2D eigenvalue weighted by molar-refractivity contribution is 6.17. The van der Waals surface area contributed by atoms with Crippen molar-refractivity contribution in [3.8, 4) is 0 Å². The van der Waals surface area contributed by atoms with Crippen LogP contribution in [-0.4, -0.2) is 53.1 Å². The molecular formula is C26H28N4O4. The second-order valence-electron chi connectivity index (χ2n) is 9.25. The third-order valence-corrected chi connectivity index (χ3v) is 7.11.